The van der Waals surface area contributed by atoms with Crippen molar-refractivity contribution in [2.75, 3.05) is 17.7 Å². The number of rotatable bonds is 5. The van der Waals surface area contributed by atoms with Gasteiger partial charge in [0.2, 0.25) is 0 Å². The molecule has 0 radical (unpaired) electrons. The van der Waals surface area contributed by atoms with Crippen LogP contribution in [0, 0.1) is 0 Å². The van der Waals surface area contributed by atoms with Gasteiger partial charge in [0.25, 0.3) is 0 Å². The van der Waals surface area contributed by atoms with Gasteiger partial charge in [-0.25, -0.2) is 0 Å². The van der Waals surface area contributed by atoms with E-state index in [2.05, 4.69) is 22.8 Å². The monoisotopic (exact) mass is 254 g/mol. The normalized spacial score (nSPS) is 10.0. The highest BCUT2D eigenvalue weighted by Crippen LogP contribution is 2.14. The number of nitrogens with one attached hydrogen (secondary N) is 2. The molecule has 19 heavy (non-hydrogen) atoms. The van der Waals surface area contributed by atoms with Crippen LogP contribution < -0.4 is 10.6 Å². The number of ketones is 1. The van der Waals surface area contributed by atoms with Gasteiger partial charge in [0.05, 0.1) is 0 Å². The molecule has 0 aliphatic carbocycles. The SMILES string of the molecule is CNc1ccc(CNc2cccc(C(C)=O)c2)cc1. The molecule has 0 unspecified atom stereocenters. The van der Waals surface area contributed by atoms with Crippen LogP contribution in [-0.4, -0.2) is 12.8 Å². The molecule has 0 aromatic heterocycles. The number of anilines is 2. The molecule has 3 heteroatoms. The van der Waals surface area contributed by atoms with Gasteiger partial charge >= 0.3 is 0 Å². The molecular weight excluding hydrogens is 236 g/mol. The van der Waals surface area contributed by atoms with Gasteiger partial charge in [-0.2, -0.15) is 0 Å². The van der Waals surface area contributed by atoms with Crippen molar-refractivity contribution in [2.45, 2.75) is 13.5 Å². The number of Topliss-reactive ketones (excluding diaryl/α,β-unsaturated/α-hetero) is 1. The lowest BCUT2D eigenvalue weighted by Gasteiger charge is -2.08. The first kappa shape index (κ1) is 13.1. The van der Waals surface area contributed by atoms with Crippen LogP contribution in [0.25, 0.3) is 0 Å². The number of carbonyl (C=O) groups is 1. The summed E-state index contributed by atoms with van der Waals surface area (Å²) in [4.78, 5) is 11.3. The zero-order valence-electron chi connectivity index (χ0n) is 11.2. The van der Waals surface area contributed by atoms with E-state index in [1.807, 2.05) is 43.4 Å². The van der Waals surface area contributed by atoms with Crippen LogP contribution >= 0.6 is 0 Å². The van der Waals surface area contributed by atoms with Crippen molar-refractivity contribution in [1.29, 1.82) is 0 Å². The Hall–Kier alpha value is -2.29. The van der Waals surface area contributed by atoms with Crippen LogP contribution in [0.4, 0.5) is 11.4 Å². The van der Waals surface area contributed by atoms with E-state index in [1.54, 1.807) is 6.92 Å². The average Bonchev–Trinajstić information content (AvgIpc) is 2.46. The quantitative estimate of drug-likeness (QED) is 0.802. The summed E-state index contributed by atoms with van der Waals surface area (Å²) in [5, 5.41) is 6.41. The predicted molar refractivity (Wildman–Crippen MR) is 79.8 cm³/mol. The molecule has 2 rings (SSSR count). The molecule has 2 aromatic carbocycles. The first-order valence-corrected chi connectivity index (χ1v) is 6.30. The van der Waals surface area contributed by atoms with E-state index >= 15 is 0 Å². The summed E-state index contributed by atoms with van der Waals surface area (Å²) in [6.07, 6.45) is 0. The summed E-state index contributed by atoms with van der Waals surface area (Å²) in [5.74, 6) is 0.0852. The maximum Gasteiger partial charge on any atom is 0.159 e. The first-order chi connectivity index (χ1) is 9.19. The van der Waals surface area contributed by atoms with Gasteiger partial charge < -0.3 is 10.6 Å². The van der Waals surface area contributed by atoms with Crippen molar-refractivity contribution in [2.24, 2.45) is 0 Å². The second-order valence-electron chi connectivity index (χ2n) is 4.44. The zero-order valence-corrected chi connectivity index (χ0v) is 11.2. The Morgan fingerprint density at radius 1 is 1.05 bits per heavy atom. The molecular formula is C16H18N2O. The van der Waals surface area contributed by atoms with Crippen molar-refractivity contribution >= 4 is 17.2 Å². The molecule has 2 aromatic rings. The standard InChI is InChI=1S/C16H18N2O/c1-12(19)14-4-3-5-16(10-14)18-11-13-6-8-15(17-2)9-7-13/h3-10,17-18H,11H2,1-2H3. The van der Waals surface area contributed by atoms with E-state index in [9.17, 15) is 4.79 Å². The highest BCUT2D eigenvalue weighted by atomic mass is 16.1. The van der Waals surface area contributed by atoms with Crippen LogP contribution in [0.5, 0.6) is 0 Å². The lowest BCUT2D eigenvalue weighted by Crippen LogP contribution is -2.01. The van der Waals surface area contributed by atoms with Gasteiger partial charge in [-0.05, 0) is 36.8 Å². The van der Waals surface area contributed by atoms with E-state index in [1.165, 1.54) is 5.56 Å². The van der Waals surface area contributed by atoms with Crippen molar-refractivity contribution in [3.05, 3.63) is 59.7 Å². The van der Waals surface area contributed by atoms with Gasteiger partial charge in [0, 0.05) is 30.5 Å². The molecule has 0 amide bonds. The zero-order chi connectivity index (χ0) is 13.7. The van der Waals surface area contributed by atoms with E-state index in [4.69, 9.17) is 0 Å². The summed E-state index contributed by atoms with van der Waals surface area (Å²) in [6, 6.07) is 15.8. The largest absolute Gasteiger partial charge is 0.388 e. The Balaban J connectivity index is 2.01. The predicted octanol–water partition coefficient (Wildman–Crippen LogP) is 3.54. The Bertz CT molecular complexity index is 561. The van der Waals surface area contributed by atoms with Gasteiger partial charge in [0.1, 0.15) is 0 Å². The fraction of sp³-hybridized carbons (Fsp3) is 0.188. The summed E-state index contributed by atoms with van der Waals surface area (Å²) < 4.78 is 0. The molecule has 0 atom stereocenters. The van der Waals surface area contributed by atoms with Crippen LogP contribution in [-0.2, 0) is 6.54 Å². The third-order valence-corrected chi connectivity index (χ3v) is 3.01. The maximum absolute atomic E-state index is 11.3. The molecule has 2 N–H and O–H groups in total. The van der Waals surface area contributed by atoms with E-state index < -0.39 is 0 Å². The van der Waals surface area contributed by atoms with Crippen LogP contribution in [0.15, 0.2) is 48.5 Å². The molecule has 3 nitrogen and oxygen atoms in total. The van der Waals surface area contributed by atoms with Gasteiger partial charge in [-0.1, -0.05) is 24.3 Å². The summed E-state index contributed by atoms with van der Waals surface area (Å²) >= 11 is 0. The fourth-order valence-electron chi connectivity index (χ4n) is 1.84. The minimum atomic E-state index is 0.0852. The molecule has 0 aliphatic heterocycles. The smallest absolute Gasteiger partial charge is 0.159 e. The summed E-state index contributed by atoms with van der Waals surface area (Å²) in [6.45, 7) is 2.32. The molecule has 0 heterocycles. The topological polar surface area (TPSA) is 41.1 Å². The lowest BCUT2D eigenvalue weighted by molar-refractivity contribution is 0.101. The van der Waals surface area contributed by atoms with E-state index in [-0.39, 0.29) is 5.78 Å². The molecule has 0 bridgehead atoms. The lowest BCUT2D eigenvalue weighted by atomic mass is 10.1. The number of carbonyl (C=O) groups excluding carboxylic acids is 1. The summed E-state index contributed by atoms with van der Waals surface area (Å²) in [7, 11) is 1.90. The number of hydrogen-bond acceptors (Lipinski definition) is 3. The van der Waals surface area contributed by atoms with Gasteiger partial charge in [0.15, 0.2) is 5.78 Å². The highest BCUT2D eigenvalue weighted by Gasteiger charge is 2.00. The summed E-state index contributed by atoms with van der Waals surface area (Å²) in [5.41, 5.74) is 4.00. The second kappa shape index (κ2) is 6.05. The number of benzene rings is 2. The Morgan fingerprint density at radius 3 is 2.42 bits per heavy atom. The number of hydrogen-bond donors (Lipinski definition) is 2. The van der Waals surface area contributed by atoms with Crippen molar-refractivity contribution in [1.82, 2.24) is 0 Å². The molecule has 0 aliphatic rings. The van der Waals surface area contributed by atoms with Crippen molar-refractivity contribution in [3.63, 3.8) is 0 Å². The molecule has 0 saturated heterocycles. The minimum absolute atomic E-state index is 0.0852. The first-order valence-electron chi connectivity index (χ1n) is 6.30. The van der Waals surface area contributed by atoms with E-state index in [0.29, 0.717) is 0 Å². The van der Waals surface area contributed by atoms with Crippen LogP contribution in [0.2, 0.25) is 0 Å². The molecule has 0 fully saturated rings. The third-order valence-electron chi connectivity index (χ3n) is 3.01. The third kappa shape index (κ3) is 3.58. The Labute approximate surface area is 113 Å². The highest BCUT2D eigenvalue weighted by molar-refractivity contribution is 5.94. The van der Waals surface area contributed by atoms with Gasteiger partial charge in [-0.3, -0.25) is 4.79 Å². The van der Waals surface area contributed by atoms with Crippen molar-refractivity contribution in [3.8, 4) is 0 Å². The maximum atomic E-state index is 11.3. The van der Waals surface area contributed by atoms with Crippen molar-refractivity contribution < 1.29 is 4.79 Å². The minimum Gasteiger partial charge on any atom is -0.388 e. The second-order valence-corrected chi connectivity index (χ2v) is 4.44. The Morgan fingerprint density at radius 2 is 1.79 bits per heavy atom. The average molecular weight is 254 g/mol. The molecule has 0 saturated carbocycles. The van der Waals surface area contributed by atoms with Crippen LogP contribution in [0.1, 0.15) is 22.8 Å². The Kier molecular flexibility index (Phi) is 4.18. The van der Waals surface area contributed by atoms with Gasteiger partial charge in [-0.15, -0.1) is 0 Å². The fourth-order valence-corrected chi connectivity index (χ4v) is 1.84. The molecule has 0 spiro atoms. The molecule has 98 valence electrons. The van der Waals surface area contributed by atoms with E-state index in [0.717, 1.165) is 23.5 Å². The van der Waals surface area contributed by atoms with Crippen LogP contribution in [0.3, 0.4) is 0 Å².